The molecular formula is C26H23N5O3. The largest absolute Gasteiger partial charge is 0.460 e. The number of carbonyl (C=O) groups excluding carboxylic acids is 1. The molecule has 8 heteroatoms. The number of aromatic nitrogens is 4. The highest BCUT2D eigenvalue weighted by atomic mass is 16.3. The molecule has 0 aliphatic heterocycles. The van der Waals surface area contributed by atoms with E-state index in [9.17, 15) is 9.59 Å². The maximum Gasteiger partial charge on any atom is 0.258 e. The third-order valence-electron chi connectivity index (χ3n) is 5.61. The predicted octanol–water partition coefficient (Wildman–Crippen LogP) is 4.34. The van der Waals surface area contributed by atoms with Gasteiger partial charge in [-0.1, -0.05) is 30.3 Å². The second-order valence-electron chi connectivity index (χ2n) is 7.93. The summed E-state index contributed by atoms with van der Waals surface area (Å²) in [6, 6.07) is 20.4. The average Bonchev–Trinajstić information content (AvgIpc) is 3.49. The van der Waals surface area contributed by atoms with E-state index >= 15 is 0 Å². The lowest BCUT2D eigenvalue weighted by Crippen LogP contribution is -2.32. The van der Waals surface area contributed by atoms with Gasteiger partial charge in [0.05, 0.1) is 28.7 Å². The van der Waals surface area contributed by atoms with Crippen LogP contribution in [-0.2, 0) is 6.54 Å². The van der Waals surface area contributed by atoms with Crippen molar-refractivity contribution in [2.24, 2.45) is 0 Å². The highest BCUT2D eigenvalue weighted by molar-refractivity contribution is 5.99. The smallest absolute Gasteiger partial charge is 0.258 e. The molecule has 0 radical (unpaired) electrons. The Kier molecular flexibility index (Phi) is 5.55. The molecule has 5 aromatic rings. The number of amides is 1. The van der Waals surface area contributed by atoms with Crippen molar-refractivity contribution in [3.63, 3.8) is 0 Å². The Bertz CT molecular complexity index is 1530. The summed E-state index contributed by atoms with van der Waals surface area (Å²) in [6.45, 7) is 4.31. The number of benzene rings is 2. The van der Waals surface area contributed by atoms with Crippen molar-refractivity contribution >= 4 is 16.8 Å². The van der Waals surface area contributed by atoms with Crippen molar-refractivity contribution in [3.05, 3.63) is 100 Å². The summed E-state index contributed by atoms with van der Waals surface area (Å²) in [5.41, 5.74) is 2.05. The minimum atomic E-state index is -0.232. The normalized spacial score (nSPS) is 11.1. The van der Waals surface area contributed by atoms with Crippen molar-refractivity contribution < 1.29 is 9.21 Å². The second kappa shape index (κ2) is 8.82. The van der Waals surface area contributed by atoms with E-state index in [0.717, 1.165) is 11.4 Å². The number of hydrogen-bond acceptors (Lipinski definition) is 5. The van der Waals surface area contributed by atoms with Gasteiger partial charge >= 0.3 is 0 Å². The number of fused-ring (bicyclic) bond motifs is 1. The number of nitrogens with zero attached hydrogens (tertiary/aromatic N) is 4. The summed E-state index contributed by atoms with van der Waals surface area (Å²) < 4.78 is 7.47. The lowest BCUT2D eigenvalue weighted by molar-refractivity contribution is 0.0749. The first-order valence-electron chi connectivity index (χ1n) is 11.0. The fourth-order valence-corrected chi connectivity index (χ4v) is 3.88. The van der Waals surface area contributed by atoms with Crippen LogP contribution in [0.4, 0.5) is 0 Å². The molecule has 0 saturated heterocycles. The number of para-hydroxylation sites is 2. The molecule has 0 saturated carbocycles. The Labute approximate surface area is 195 Å². The van der Waals surface area contributed by atoms with Crippen LogP contribution < -0.4 is 5.56 Å². The van der Waals surface area contributed by atoms with E-state index in [1.807, 2.05) is 62.4 Å². The molecule has 0 fully saturated rings. The summed E-state index contributed by atoms with van der Waals surface area (Å²) in [4.78, 5) is 35.1. The van der Waals surface area contributed by atoms with E-state index in [2.05, 4.69) is 15.1 Å². The zero-order valence-corrected chi connectivity index (χ0v) is 18.9. The van der Waals surface area contributed by atoms with Crippen LogP contribution in [0.15, 0.2) is 82.1 Å². The van der Waals surface area contributed by atoms with Gasteiger partial charge in [0.1, 0.15) is 17.3 Å². The fraction of sp³-hybridized carbons (Fsp3) is 0.154. The Morgan fingerprint density at radius 1 is 1.06 bits per heavy atom. The molecule has 3 heterocycles. The molecule has 34 heavy (non-hydrogen) atoms. The topological polar surface area (TPSA) is 97.0 Å². The number of furan rings is 1. The van der Waals surface area contributed by atoms with Gasteiger partial charge in [0.15, 0.2) is 5.76 Å². The first-order chi connectivity index (χ1) is 16.5. The van der Waals surface area contributed by atoms with Crippen LogP contribution in [0.5, 0.6) is 0 Å². The average molecular weight is 454 g/mol. The molecule has 0 aliphatic rings. The van der Waals surface area contributed by atoms with E-state index < -0.39 is 0 Å². The van der Waals surface area contributed by atoms with Gasteiger partial charge in [-0.25, -0.2) is 9.67 Å². The van der Waals surface area contributed by atoms with E-state index in [-0.39, 0.29) is 18.0 Å². The lowest BCUT2D eigenvalue weighted by Gasteiger charge is -2.20. The van der Waals surface area contributed by atoms with Gasteiger partial charge in [-0.3, -0.25) is 9.59 Å². The SMILES string of the molecule is CCN(Cc1nc2ccccc2c(=O)[nH]1)C(=O)c1cn(-c2ccccc2)nc1-c1ccc(C)o1. The maximum atomic E-state index is 13.7. The summed E-state index contributed by atoms with van der Waals surface area (Å²) in [6.07, 6.45) is 1.71. The van der Waals surface area contributed by atoms with E-state index in [1.165, 1.54) is 0 Å². The minimum Gasteiger partial charge on any atom is -0.460 e. The Hall–Kier alpha value is -4.46. The number of hydrogen-bond donors (Lipinski definition) is 1. The molecule has 2 aromatic carbocycles. The van der Waals surface area contributed by atoms with Gasteiger partial charge in [0, 0.05) is 12.7 Å². The summed E-state index contributed by atoms with van der Waals surface area (Å²) >= 11 is 0. The Balaban J connectivity index is 1.53. The van der Waals surface area contributed by atoms with Crippen LogP contribution >= 0.6 is 0 Å². The molecule has 1 amide bonds. The van der Waals surface area contributed by atoms with Crippen LogP contribution in [0.25, 0.3) is 28.0 Å². The zero-order chi connectivity index (χ0) is 23.7. The summed E-state index contributed by atoms with van der Waals surface area (Å²) in [7, 11) is 0. The van der Waals surface area contributed by atoms with Crippen LogP contribution in [0.3, 0.4) is 0 Å². The van der Waals surface area contributed by atoms with E-state index in [1.54, 1.807) is 34.0 Å². The van der Waals surface area contributed by atoms with E-state index in [0.29, 0.717) is 40.3 Å². The molecule has 170 valence electrons. The summed E-state index contributed by atoms with van der Waals surface area (Å²) in [5.74, 6) is 1.44. The van der Waals surface area contributed by atoms with E-state index in [4.69, 9.17) is 4.42 Å². The number of rotatable bonds is 6. The monoisotopic (exact) mass is 453 g/mol. The van der Waals surface area contributed by atoms with Gasteiger partial charge in [0.2, 0.25) is 0 Å². The molecule has 0 aliphatic carbocycles. The van der Waals surface area contributed by atoms with Crippen LogP contribution in [0, 0.1) is 6.92 Å². The molecule has 0 atom stereocenters. The molecule has 0 bridgehead atoms. The standard InChI is InChI=1S/C26H23N5O3/c1-3-30(16-23-27-21-12-8-7-11-19(21)25(32)28-23)26(33)20-15-31(18-9-5-4-6-10-18)29-24(20)22-14-13-17(2)34-22/h4-15H,3,16H2,1-2H3,(H,27,28,32). The van der Waals surface area contributed by atoms with Gasteiger partial charge in [-0.15, -0.1) is 0 Å². The number of aromatic amines is 1. The Morgan fingerprint density at radius 2 is 1.82 bits per heavy atom. The first kappa shape index (κ1) is 21.4. The zero-order valence-electron chi connectivity index (χ0n) is 18.9. The molecular weight excluding hydrogens is 430 g/mol. The minimum absolute atomic E-state index is 0.155. The van der Waals surface area contributed by atoms with Crippen LogP contribution in [0.1, 0.15) is 28.9 Å². The molecule has 8 nitrogen and oxygen atoms in total. The van der Waals surface area contributed by atoms with Gasteiger partial charge in [-0.2, -0.15) is 5.10 Å². The van der Waals surface area contributed by atoms with Crippen molar-refractivity contribution in [3.8, 4) is 17.1 Å². The molecule has 1 N–H and O–H groups in total. The predicted molar refractivity (Wildman–Crippen MR) is 129 cm³/mol. The van der Waals surface area contributed by atoms with Gasteiger partial charge < -0.3 is 14.3 Å². The van der Waals surface area contributed by atoms with Crippen molar-refractivity contribution in [2.75, 3.05) is 6.54 Å². The highest BCUT2D eigenvalue weighted by Gasteiger charge is 2.25. The molecule has 5 rings (SSSR count). The third kappa shape index (κ3) is 4.01. The molecule has 0 unspecified atom stereocenters. The molecule has 0 spiro atoms. The van der Waals surface area contributed by atoms with Gasteiger partial charge in [0.25, 0.3) is 11.5 Å². The maximum absolute atomic E-state index is 13.7. The number of aryl methyl sites for hydroxylation is 1. The number of H-pyrrole nitrogens is 1. The van der Waals surface area contributed by atoms with Crippen molar-refractivity contribution in [1.29, 1.82) is 0 Å². The first-order valence-corrected chi connectivity index (χ1v) is 11.0. The van der Waals surface area contributed by atoms with Gasteiger partial charge in [-0.05, 0) is 50.2 Å². The van der Waals surface area contributed by atoms with Crippen LogP contribution in [-0.4, -0.2) is 37.1 Å². The second-order valence-corrected chi connectivity index (χ2v) is 7.93. The molecule has 3 aromatic heterocycles. The number of nitrogens with one attached hydrogen (secondary N) is 1. The fourth-order valence-electron chi connectivity index (χ4n) is 3.88. The van der Waals surface area contributed by atoms with Crippen molar-refractivity contribution in [1.82, 2.24) is 24.6 Å². The quantitative estimate of drug-likeness (QED) is 0.413. The van der Waals surface area contributed by atoms with Crippen molar-refractivity contribution in [2.45, 2.75) is 20.4 Å². The third-order valence-corrected chi connectivity index (χ3v) is 5.61. The lowest BCUT2D eigenvalue weighted by atomic mass is 10.2. The summed E-state index contributed by atoms with van der Waals surface area (Å²) in [5, 5.41) is 5.18. The Morgan fingerprint density at radius 3 is 2.56 bits per heavy atom. The van der Waals surface area contributed by atoms with Crippen LogP contribution in [0.2, 0.25) is 0 Å². The number of carbonyl (C=O) groups is 1. The highest BCUT2D eigenvalue weighted by Crippen LogP contribution is 2.27.